The lowest BCUT2D eigenvalue weighted by molar-refractivity contribution is -0.138. The molecule has 0 aromatic rings. The molecule has 2 nitrogen and oxygen atoms in total. The van der Waals surface area contributed by atoms with Crippen LogP contribution in [0.3, 0.4) is 0 Å². The van der Waals surface area contributed by atoms with E-state index in [-0.39, 0.29) is 18.0 Å². The number of hydrogen-bond donors (Lipinski definition) is 0. The van der Waals surface area contributed by atoms with Gasteiger partial charge < -0.3 is 4.74 Å². The third-order valence-corrected chi connectivity index (χ3v) is 4.18. The van der Waals surface area contributed by atoms with E-state index >= 15 is 0 Å². The predicted octanol–water partition coefficient (Wildman–Crippen LogP) is 3.78. The molecule has 15 heavy (non-hydrogen) atoms. The van der Waals surface area contributed by atoms with Crippen LogP contribution in [0, 0.1) is 5.92 Å². The molecule has 0 aromatic heterocycles. The molecule has 0 N–H and O–H groups in total. The summed E-state index contributed by atoms with van der Waals surface area (Å²) in [7, 11) is 0. The summed E-state index contributed by atoms with van der Waals surface area (Å²) in [6, 6.07) is 0. The highest BCUT2D eigenvalue weighted by Gasteiger charge is 2.37. The molecule has 1 saturated heterocycles. The molecule has 1 aliphatic rings. The van der Waals surface area contributed by atoms with Crippen LogP contribution >= 0.6 is 31.9 Å². The zero-order valence-electron chi connectivity index (χ0n) is 9.06. The van der Waals surface area contributed by atoms with Crippen molar-refractivity contribution < 1.29 is 9.53 Å². The second-order valence-corrected chi connectivity index (χ2v) is 5.40. The van der Waals surface area contributed by atoms with E-state index in [1.54, 1.807) is 0 Å². The number of halogens is 2. The molecular formula is C11H16Br2O2. The quantitative estimate of drug-likeness (QED) is 0.442. The largest absolute Gasteiger partial charge is 0.459 e. The monoisotopic (exact) mass is 338 g/mol. The molecule has 2 atom stereocenters. The molecule has 0 radical (unpaired) electrons. The first-order chi connectivity index (χ1) is 7.11. The molecule has 1 aliphatic heterocycles. The fourth-order valence-electron chi connectivity index (χ4n) is 1.68. The van der Waals surface area contributed by atoms with Gasteiger partial charge in [-0.25, -0.2) is 4.79 Å². The van der Waals surface area contributed by atoms with Gasteiger partial charge in [-0.3, -0.25) is 0 Å². The van der Waals surface area contributed by atoms with E-state index in [9.17, 15) is 4.79 Å². The Labute approximate surface area is 108 Å². The second kappa shape index (κ2) is 6.04. The number of rotatable bonds is 4. The molecule has 86 valence electrons. The third kappa shape index (κ3) is 3.06. The second-order valence-electron chi connectivity index (χ2n) is 3.79. The summed E-state index contributed by atoms with van der Waals surface area (Å²) in [6.45, 7) is 4.08. The Balaban J connectivity index is 2.84. The number of hydrogen-bond acceptors (Lipinski definition) is 2. The molecule has 0 amide bonds. The summed E-state index contributed by atoms with van der Waals surface area (Å²) in [5.41, 5.74) is 0.827. The minimum Gasteiger partial charge on any atom is -0.459 e. The van der Waals surface area contributed by atoms with E-state index < -0.39 is 0 Å². The highest BCUT2D eigenvalue weighted by atomic mass is 79.9. The summed E-state index contributed by atoms with van der Waals surface area (Å²) in [5, 5.41) is 0.774. The maximum atomic E-state index is 11.6. The molecule has 1 fully saturated rings. The molecular weight excluding hydrogens is 324 g/mol. The van der Waals surface area contributed by atoms with Crippen LogP contribution in [0.2, 0.25) is 0 Å². The van der Waals surface area contributed by atoms with Gasteiger partial charge in [0.25, 0.3) is 0 Å². The number of ether oxygens (including phenoxy) is 1. The fourth-order valence-corrected chi connectivity index (χ4v) is 3.27. The van der Waals surface area contributed by atoms with Crippen molar-refractivity contribution in [2.75, 3.05) is 5.33 Å². The van der Waals surface area contributed by atoms with Crippen molar-refractivity contribution >= 4 is 37.8 Å². The van der Waals surface area contributed by atoms with E-state index in [4.69, 9.17) is 4.74 Å². The highest BCUT2D eigenvalue weighted by Crippen LogP contribution is 2.35. The fraction of sp³-hybridized carbons (Fsp3) is 0.727. The van der Waals surface area contributed by atoms with Crippen molar-refractivity contribution in [3.05, 3.63) is 10.1 Å². The number of unbranched alkanes of at least 4 members (excludes halogenated alkanes) is 1. The van der Waals surface area contributed by atoms with Crippen molar-refractivity contribution in [2.45, 2.75) is 39.2 Å². The Morgan fingerprint density at radius 3 is 2.73 bits per heavy atom. The average molecular weight is 340 g/mol. The Bertz CT molecular complexity index is 274. The SMILES string of the molecule is CCCC/C(Br)=C1\C(=O)O[C@H](C)[C@@H]1CBr. The summed E-state index contributed by atoms with van der Waals surface area (Å²) in [5.74, 6) is 0.0265. The number of cyclic esters (lactones) is 1. The van der Waals surface area contributed by atoms with Gasteiger partial charge in [-0.2, -0.15) is 0 Å². The first kappa shape index (κ1) is 13.2. The maximum absolute atomic E-state index is 11.6. The van der Waals surface area contributed by atoms with Crippen molar-refractivity contribution in [3.8, 4) is 0 Å². The summed E-state index contributed by atoms with van der Waals surface area (Å²) < 4.78 is 6.24. The van der Waals surface area contributed by atoms with Crippen molar-refractivity contribution in [1.29, 1.82) is 0 Å². The van der Waals surface area contributed by atoms with Crippen LogP contribution in [0.25, 0.3) is 0 Å². The molecule has 0 aliphatic carbocycles. The summed E-state index contributed by atoms with van der Waals surface area (Å²) >= 11 is 6.95. The number of alkyl halides is 1. The van der Waals surface area contributed by atoms with Gasteiger partial charge in [-0.1, -0.05) is 45.2 Å². The minimum absolute atomic E-state index is 0.0129. The molecule has 0 aromatic carbocycles. The lowest BCUT2D eigenvalue weighted by Crippen LogP contribution is -2.14. The standard InChI is InChI=1S/C11H16Br2O2/c1-3-4-5-9(13)10-8(6-12)7(2)15-11(10)14/h7-8H,3-6H2,1-2H3/b10-9+/t7-,8+/m1/s1. The van der Waals surface area contributed by atoms with Crippen molar-refractivity contribution in [3.63, 3.8) is 0 Å². The highest BCUT2D eigenvalue weighted by molar-refractivity contribution is 9.11. The van der Waals surface area contributed by atoms with Gasteiger partial charge in [-0.15, -0.1) is 0 Å². The van der Waals surface area contributed by atoms with Crippen LogP contribution in [-0.2, 0) is 9.53 Å². The molecule has 4 heteroatoms. The lowest BCUT2D eigenvalue weighted by Gasteiger charge is -2.10. The van der Waals surface area contributed by atoms with Gasteiger partial charge in [-0.05, 0) is 19.8 Å². The van der Waals surface area contributed by atoms with E-state index in [0.29, 0.717) is 0 Å². The number of allylic oxidation sites excluding steroid dienone is 1. The Kier molecular flexibility index (Phi) is 5.33. The first-order valence-corrected chi connectivity index (χ1v) is 7.18. The molecule has 0 unspecified atom stereocenters. The van der Waals surface area contributed by atoms with Gasteiger partial charge in [0.1, 0.15) is 6.10 Å². The molecule has 0 saturated carbocycles. The van der Waals surface area contributed by atoms with Gasteiger partial charge in [0, 0.05) is 15.7 Å². The Hall–Kier alpha value is 0.170. The van der Waals surface area contributed by atoms with Gasteiger partial charge >= 0.3 is 5.97 Å². The summed E-state index contributed by atoms with van der Waals surface area (Å²) in [4.78, 5) is 11.6. The zero-order valence-corrected chi connectivity index (χ0v) is 12.2. The smallest absolute Gasteiger partial charge is 0.335 e. The van der Waals surface area contributed by atoms with Crippen LogP contribution in [0.15, 0.2) is 10.1 Å². The van der Waals surface area contributed by atoms with E-state index in [1.165, 1.54) is 0 Å². The molecule has 0 spiro atoms. The molecule has 1 rings (SSSR count). The number of carbonyl (C=O) groups excluding carboxylic acids is 1. The maximum Gasteiger partial charge on any atom is 0.335 e. The molecule has 0 bridgehead atoms. The number of esters is 1. The Morgan fingerprint density at radius 2 is 2.20 bits per heavy atom. The van der Waals surface area contributed by atoms with Gasteiger partial charge in [0.15, 0.2) is 0 Å². The van der Waals surface area contributed by atoms with Crippen LogP contribution < -0.4 is 0 Å². The van der Waals surface area contributed by atoms with Crippen LogP contribution in [0.4, 0.5) is 0 Å². The van der Waals surface area contributed by atoms with Gasteiger partial charge in [0.05, 0.1) is 5.57 Å². The van der Waals surface area contributed by atoms with E-state index in [0.717, 1.165) is 34.6 Å². The van der Waals surface area contributed by atoms with Crippen molar-refractivity contribution in [2.24, 2.45) is 5.92 Å². The van der Waals surface area contributed by atoms with Gasteiger partial charge in [0.2, 0.25) is 0 Å². The van der Waals surface area contributed by atoms with Crippen LogP contribution in [-0.4, -0.2) is 17.4 Å². The predicted molar refractivity (Wildman–Crippen MR) is 68.3 cm³/mol. The third-order valence-electron chi connectivity index (χ3n) is 2.66. The average Bonchev–Trinajstić information content (AvgIpc) is 2.49. The lowest BCUT2D eigenvalue weighted by atomic mass is 9.98. The summed E-state index contributed by atoms with van der Waals surface area (Å²) in [6.07, 6.45) is 3.14. The molecule has 1 heterocycles. The van der Waals surface area contributed by atoms with Crippen LogP contribution in [0.5, 0.6) is 0 Å². The van der Waals surface area contributed by atoms with Crippen molar-refractivity contribution in [1.82, 2.24) is 0 Å². The minimum atomic E-state index is -0.157. The Morgan fingerprint density at radius 1 is 1.53 bits per heavy atom. The van der Waals surface area contributed by atoms with E-state index in [2.05, 4.69) is 38.8 Å². The zero-order chi connectivity index (χ0) is 11.4. The van der Waals surface area contributed by atoms with Crippen LogP contribution in [0.1, 0.15) is 33.1 Å². The topological polar surface area (TPSA) is 26.3 Å². The normalized spacial score (nSPS) is 29.2. The first-order valence-electron chi connectivity index (χ1n) is 5.27. The number of carbonyl (C=O) groups is 1. The van der Waals surface area contributed by atoms with E-state index in [1.807, 2.05) is 6.92 Å².